The molecule has 10 heteroatoms. The van der Waals surface area contributed by atoms with Crippen molar-refractivity contribution in [1.29, 1.82) is 0 Å². The highest BCUT2D eigenvalue weighted by atomic mass is 16.5. The molecule has 1 N–H and O–H groups in total. The van der Waals surface area contributed by atoms with Gasteiger partial charge in [0, 0.05) is 23.3 Å². The van der Waals surface area contributed by atoms with Gasteiger partial charge in [-0.1, -0.05) is 0 Å². The van der Waals surface area contributed by atoms with Crippen molar-refractivity contribution in [2.24, 2.45) is 0 Å². The maximum absolute atomic E-state index is 13.8. The van der Waals surface area contributed by atoms with E-state index < -0.39 is 6.04 Å². The van der Waals surface area contributed by atoms with E-state index in [1.165, 1.54) is 6.33 Å². The van der Waals surface area contributed by atoms with Crippen molar-refractivity contribution in [1.82, 2.24) is 14.8 Å². The van der Waals surface area contributed by atoms with Gasteiger partial charge in [-0.15, -0.1) is 0 Å². The van der Waals surface area contributed by atoms with Gasteiger partial charge in [0.25, 0.3) is 0 Å². The fraction of sp³-hybridized carbons (Fsp3) is 0.346. The summed E-state index contributed by atoms with van der Waals surface area (Å²) >= 11 is 0. The van der Waals surface area contributed by atoms with Crippen LogP contribution >= 0.6 is 0 Å². The van der Waals surface area contributed by atoms with Crippen LogP contribution in [0.1, 0.15) is 35.9 Å². The van der Waals surface area contributed by atoms with E-state index in [0.717, 1.165) is 16.8 Å². The number of carbonyl (C=O) groups excluding carboxylic acids is 1. The van der Waals surface area contributed by atoms with E-state index in [-0.39, 0.29) is 11.7 Å². The summed E-state index contributed by atoms with van der Waals surface area (Å²) < 4.78 is 29.4. The van der Waals surface area contributed by atoms with E-state index in [2.05, 4.69) is 15.4 Å². The minimum atomic E-state index is -0.503. The number of benzene rings is 2. The molecule has 10 nitrogen and oxygen atoms in total. The number of ether oxygens (including phenoxy) is 5. The third-order valence-electron chi connectivity index (χ3n) is 6.75. The van der Waals surface area contributed by atoms with E-state index in [0.29, 0.717) is 53.1 Å². The minimum absolute atomic E-state index is 0.0125. The molecule has 2 atom stereocenters. The normalized spacial score (nSPS) is 18.6. The van der Waals surface area contributed by atoms with Crippen LogP contribution in [0.3, 0.4) is 0 Å². The number of anilines is 1. The second-order valence-corrected chi connectivity index (χ2v) is 8.54. The standard InChI is InChI=1S/C26H28N4O6/c1-32-16-6-7-20(33-2)17(12-16)24-23-18(29-26-27-13-28-30(24)26)8-14(9-19(23)31)15-10-21(34-3)25(36-5)22(11-15)35-4/h6-7,10-14,24H,8-9H2,1-5H3,(H,27,28,29)/t14-,24+/m1/s1. The summed E-state index contributed by atoms with van der Waals surface area (Å²) in [7, 11) is 7.93. The molecule has 1 aliphatic carbocycles. The molecule has 188 valence electrons. The zero-order valence-corrected chi connectivity index (χ0v) is 20.8. The Morgan fingerprint density at radius 2 is 1.61 bits per heavy atom. The Balaban J connectivity index is 1.61. The number of fused-ring (bicyclic) bond motifs is 1. The van der Waals surface area contributed by atoms with Crippen LogP contribution in [0.15, 0.2) is 47.9 Å². The summed E-state index contributed by atoms with van der Waals surface area (Å²) in [5, 5.41) is 7.77. The number of nitrogens with one attached hydrogen (secondary N) is 1. The molecule has 0 amide bonds. The average Bonchev–Trinajstić information content (AvgIpc) is 3.38. The van der Waals surface area contributed by atoms with Gasteiger partial charge in [0.2, 0.25) is 11.7 Å². The van der Waals surface area contributed by atoms with Gasteiger partial charge in [0.05, 0.1) is 35.5 Å². The summed E-state index contributed by atoms with van der Waals surface area (Å²) in [5.74, 6) is 3.38. The van der Waals surface area contributed by atoms with Crippen molar-refractivity contribution in [3.05, 3.63) is 59.1 Å². The molecular weight excluding hydrogens is 464 g/mol. The fourth-order valence-corrected chi connectivity index (χ4v) is 5.07. The molecule has 3 aromatic rings. The maximum atomic E-state index is 13.8. The first-order valence-corrected chi connectivity index (χ1v) is 11.5. The van der Waals surface area contributed by atoms with Crippen LogP contribution in [0.2, 0.25) is 0 Å². The van der Waals surface area contributed by atoms with Crippen LogP contribution in [0, 0.1) is 0 Å². The number of rotatable bonds is 7. The Kier molecular flexibility index (Phi) is 6.17. The lowest BCUT2D eigenvalue weighted by molar-refractivity contribution is -0.116. The highest BCUT2D eigenvalue weighted by Gasteiger charge is 2.40. The predicted molar refractivity (Wildman–Crippen MR) is 131 cm³/mol. The number of hydrogen-bond acceptors (Lipinski definition) is 9. The summed E-state index contributed by atoms with van der Waals surface area (Å²) in [4.78, 5) is 18.2. The van der Waals surface area contributed by atoms with Crippen LogP contribution in [0.4, 0.5) is 5.95 Å². The van der Waals surface area contributed by atoms with Crippen LogP contribution in [-0.2, 0) is 4.79 Å². The van der Waals surface area contributed by atoms with Crippen molar-refractivity contribution in [2.45, 2.75) is 24.8 Å². The monoisotopic (exact) mass is 492 g/mol. The van der Waals surface area contributed by atoms with Crippen molar-refractivity contribution >= 4 is 11.7 Å². The number of aromatic nitrogens is 3. The zero-order valence-electron chi connectivity index (χ0n) is 20.8. The average molecular weight is 493 g/mol. The van der Waals surface area contributed by atoms with Gasteiger partial charge in [-0.25, -0.2) is 4.68 Å². The van der Waals surface area contributed by atoms with Crippen LogP contribution in [-0.4, -0.2) is 56.1 Å². The Morgan fingerprint density at radius 1 is 0.889 bits per heavy atom. The van der Waals surface area contributed by atoms with Crippen molar-refractivity contribution < 1.29 is 28.5 Å². The lowest BCUT2D eigenvalue weighted by atomic mass is 9.77. The molecule has 1 aromatic heterocycles. The summed E-state index contributed by atoms with van der Waals surface area (Å²) in [6.45, 7) is 0. The zero-order chi connectivity index (χ0) is 25.4. The smallest absolute Gasteiger partial charge is 0.226 e. The van der Waals surface area contributed by atoms with E-state index in [9.17, 15) is 4.79 Å². The highest BCUT2D eigenvalue weighted by molar-refractivity contribution is 6.00. The molecule has 1 aliphatic heterocycles. The van der Waals surface area contributed by atoms with Gasteiger partial charge in [-0.05, 0) is 48.2 Å². The Bertz CT molecular complexity index is 1320. The number of allylic oxidation sites excluding steroid dienone is 2. The molecule has 2 aromatic carbocycles. The van der Waals surface area contributed by atoms with Crippen molar-refractivity contribution in [3.8, 4) is 28.7 Å². The SMILES string of the molecule is COc1ccc(OC)c([C@H]2C3=C(C[C@@H](c4cc(OC)c(OC)c(OC)c4)CC3=O)Nc3ncnn32)c1. The van der Waals surface area contributed by atoms with Crippen LogP contribution < -0.4 is 29.0 Å². The first kappa shape index (κ1) is 23.5. The van der Waals surface area contributed by atoms with E-state index in [4.69, 9.17) is 23.7 Å². The molecule has 0 bridgehead atoms. The number of nitrogens with zero attached hydrogens (tertiary/aromatic N) is 3. The molecule has 0 spiro atoms. The number of hydrogen-bond donors (Lipinski definition) is 1. The molecular formula is C26H28N4O6. The lowest BCUT2D eigenvalue weighted by Crippen LogP contribution is -2.33. The molecule has 5 rings (SSSR count). The minimum Gasteiger partial charge on any atom is -0.497 e. The van der Waals surface area contributed by atoms with E-state index >= 15 is 0 Å². The van der Waals surface area contributed by atoms with E-state index in [1.807, 2.05) is 30.3 Å². The van der Waals surface area contributed by atoms with Gasteiger partial charge in [-0.2, -0.15) is 10.1 Å². The van der Waals surface area contributed by atoms with Crippen LogP contribution in [0.5, 0.6) is 28.7 Å². The molecule has 0 saturated carbocycles. The van der Waals surface area contributed by atoms with Crippen LogP contribution in [0.25, 0.3) is 0 Å². The number of carbonyl (C=O) groups is 1. The molecule has 0 saturated heterocycles. The Hall–Kier alpha value is -4.21. The van der Waals surface area contributed by atoms with Gasteiger partial charge in [-0.3, -0.25) is 4.79 Å². The highest BCUT2D eigenvalue weighted by Crippen LogP contribution is 2.48. The summed E-state index contributed by atoms with van der Waals surface area (Å²) in [6, 6.07) is 8.83. The predicted octanol–water partition coefficient (Wildman–Crippen LogP) is 3.74. The van der Waals surface area contributed by atoms with Crippen molar-refractivity contribution in [2.75, 3.05) is 40.9 Å². The first-order valence-electron chi connectivity index (χ1n) is 11.5. The van der Waals surface area contributed by atoms with Gasteiger partial charge in [0.1, 0.15) is 23.9 Å². The number of Topliss-reactive ketones (excluding diaryl/α,β-unsaturated/α-hetero) is 1. The van der Waals surface area contributed by atoms with Crippen molar-refractivity contribution in [3.63, 3.8) is 0 Å². The van der Waals surface area contributed by atoms with E-state index in [1.54, 1.807) is 40.2 Å². The lowest BCUT2D eigenvalue weighted by Gasteiger charge is -2.35. The summed E-state index contributed by atoms with van der Waals surface area (Å²) in [5.41, 5.74) is 3.15. The number of ketones is 1. The van der Waals surface area contributed by atoms with Gasteiger partial charge >= 0.3 is 0 Å². The fourth-order valence-electron chi connectivity index (χ4n) is 5.07. The maximum Gasteiger partial charge on any atom is 0.226 e. The molecule has 2 aliphatic rings. The van der Waals surface area contributed by atoms with Gasteiger partial charge < -0.3 is 29.0 Å². The second kappa shape index (κ2) is 9.44. The molecule has 0 fully saturated rings. The first-order chi connectivity index (χ1) is 17.5. The summed E-state index contributed by atoms with van der Waals surface area (Å²) in [6.07, 6.45) is 2.38. The molecule has 0 unspecified atom stereocenters. The molecule has 2 heterocycles. The molecule has 0 radical (unpaired) electrons. The third kappa shape index (κ3) is 3.78. The van der Waals surface area contributed by atoms with Gasteiger partial charge in [0.15, 0.2) is 17.3 Å². The Morgan fingerprint density at radius 3 is 2.25 bits per heavy atom. The Labute approximate surface area is 208 Å². The second-order valence-electron chi connectivity index (χ2n) is 8.54. The third-order valence-corrected chi connectivity index (χ3v) is 6.75. The quantitative estimate of drug-likeness (QED) is 0.528. The topological polar surface area (TPSA) is 106 Å². The largest absolute Gasteiger partial charge is 0.497 e. The number of methoxy groups -OCH3 is 5. The molecule has 36 heavy (non-hydrogen) atoms.